The molecule has 2 aromatic rings. The predicted octanol–water partition coefficient (Wildman–Crippen LogP) is 4.30. The number of hydrogen-bond donors (Lipinski definition) is 2. The number of amides is 1. The van der Waals surface area contributed by atoms with Gasteiger partial charge in [-0.1, -0.05) is 33.6 Å². The Hall–Kier alpha value is -1.52. The number of hydrogen-bond acceptors (Lipinski definition) is 2. The number of carbonyl (C=O) groups excluding carboxylic acids is 1. The van der Waals surface area contributed by atoms with Gasteiger partial charge in [-0.25, -0.2) is 0 Å². The zero-order chi connectivity index (χ0) is 15.0. The zero-order valence-electron chi connectivity index (χ0n) is 11.2. The Bertz CT molecular complexity index is 717. The van der Waals surface area contributed by atoms with Crippen molar-refractivity contribution in [2.24, 2.45) is 5.73 Å². The topological polar surface area (TPSA) is 55.1 Å². The van der Waals surface area contributed by atoms with Gasteiger partial charge in [-0.05, 0) is 54.3 Å². The minimum absolute atomic E-state index is 0.267. The maximum absolute atomic E-state index is 11.2. The van der Waals surface area contributed by atoms with E-state index in [9.17, 15) is 4.79 Å². The van der Waals surface area contributed by atoms with Crippen molar-refractivity contribution in [1.29, 1.82) is 0 Å². The maximum Gasteiger partial charge on any atom is 0.250 e. The Morgan fingerprint density at radius 2 is 2.10 bits per heavy atom. The van der Waals surface area contributed by atoms with Crippen molar-refractivity contribution < 1.29 is 4.79 Å². The van der Waals surface area contributed by atoms with E-state index in [-0.39, 0.29) is 6.04 Å². The van der Waals surface area contributed by atoms with Gasteiger partial charge in [0.05, 0.1) is 16.6 Å². The average molecular weight is 366 g/mol. The highest BCUT2D eigenvalue weighted by atomic mass is 79.9. The first kappa shape index (κ1) is 14.4. The molecule has 0 spiro atoms. The molecule has 1 amide bonds. The van der Waals surface area contributed by atoms with Gasteiger partial charge in [-0.2, -0.15) is 0 Å². The predicted molar refractivity (Wildman–Crippen MR) is 88.8 cm³/mol. The van der Waals surface area contributed by atoms with Gasteiger partial charge in [0.2, 0.25) is 5.91 Å². The molecular weight excluding hydrogens is 352 g/mol. The molecule has 0 fully saturated rings. The molecule has 0 bridgehead atoms. The van der Waals surface area contributed by atoms with Gasteiger partial charge in [0, 0.05) is 10.2 Å². The van der Waals surface area contributed by atoms with Crippen molar-refractivity contribution in [2.75, 3.05) is 5.32 Å². The summed E-state index contributed by atoms with van der Waals surface area (Å²) in [4.78, 5) is 11.2. The lowest BCUT2D eigenvalue weighted by atomic mass is 10.1. The normalized spacial score (nSPS) is 16.6. The molecule has 0 radical (unpaired) electrons. The van der Waals surface area contributed by atoms with Crippen LogP contribution in [0.1, 0.15) is 33.9 Å². The van der Waals surface area contributed by atoms with Crippen LogP contribution in [0.25, 0.3) is 0 Å². The van der Waals surface area contributed by atoms with Gasteiger partial charge in [-0.15, -0.1) is 0 Å². The van der Waals surface area contributed by atoms with Gasteiger partial charge in [0.1, 0.15) is 0 Å². The molecule has 3 nitrogen and oxygen atoms in total. The van der Waals surface area contributed by atoms with E-state index in [1.165, 1.54) is 11.1 Å². The lowest BCUT2D eigenvalue weighted by Crippen LogP contribution is -2.12. The Labute approximate surface area is 136 Å². The van der Waals surface area contributed by atoms with Gasteiger partial charge >= 0.3 is 0 Å². The number of benzene rings is 2. The zero-order valence-corrected chi connectivity index (χ0v) is 13.5. The minimum atomic E-state index is -0.511. The molecule has 1 aliphatic rings. The van der Waals surface area contributed by atoms with Gasteiger partial charge in [0.25, 0.3) is 0 Å². The van der Waals surface area contributed by atoms with Crippen LogP contribution in [-0.4, -0.2) is 5.91 Å². The molecule has 3 N–H and O–H groups in total. The summed E-state index contributed by atoms with van der Waals surface area (Å²) >= 11 is 9.58. The molecule has 0 saturated carbocycles. The summed E-state index contributed by atoms with van der Waals surface area (Å²) in [6.45, 7) is 0. The van der Waals surface area contributed by atoms with Crippen LogP contribution < -0.4 is 11.1 Å². The number of nitrogens with one attached hydrogen (secondary N) is 1. The van der Waals surface area contributed by atoms with E-state index >= 15 is 0 Å². The second-order valence-corrected chi connectivity index (χ2v) is 6.46. The van der Waals surface area contributed by atoms with E-state index < -0.39 is 5.91 Å². The summed E-state index contributed by atoms with van der Waals surface area (Å²) in [5, 5.41) is 3.85. The monoisotopic (exact) mass is 364 g/mol. The summed E-state index contributed by atoms with van der Waals surface area (Å²) in [6.07, 6.45) is 2.10. The number of rotatable bonds is 3. The smallest absolute Gasteiger partial charge is 0.250 e. The van der Waals surface area contributed by atoms with Crippen molar-refractivity contribution in [3.8, 4) is 0 Å². The van der Waals surface area contributed by atoms with Crippen LogP contribution in [0.5, 0.6) is 0 Å². The van der Waals surface area contributed by atoms with Crippen molar-refractivity contribution in [3.63, 3.8) is 0 Å². The maximum atomic E-state index is 11.2. The minimum Gasteiger partial charge on any atom is -0.378 e. The van der Waals surface area contributed by atoms with E-state index in [1.807, 2.05) is 6.07 Å². The number of aryl methyl sites for hydroxylation is 1. The molecule has 0 aliphatic heterocycles. The average Bonchev–Trinajstić information content (AvgIpc) is 2.80. The van der Waals surface area contributed by atoms with E-state index in [1.54, 1.807) is 12.1 Å². The highest BCUT2D eigenvalue weighted by molar-refractivity contribution is 9.10. The van der Waals surface area contributed by atoms with Crippen LogP contribution in [0.3, 0.4) is 0 Å². The molecule has 0 heterocycles. The summed E-state index contributed by atoms with van der Waals surface area (Å²) < 4.78 is 1.11. The molecular formula is C16H14BrClN2O. The summed E-state index contributed by atoms with van der Waals surface area (Å²) in [5.41, 5.74) is 9.17. The van der Waals surface area contributed by atoms with Crippen molar-refractivity contribution >= 4 is 39.1 Å². The van der Waals surface area contributed by atoms with Crippen LogP contribution in [0.15, 0.2) is 40.9 Å². The fourth-order valence-corrected chi connectivity index (χ4v) is 3.42. The third kappa shape index (κ3) is 2.92. The lowest BCUT2D eigenvalue weighted by Gasteiger charge is -2.16. The first-order chi connectivity index (χ1) is 10.0. The first-order valence-corrected chi connectivity index (χ1v) is 7.86. The highest BCUT2D eigenvalue weighted by Gasteiger charge is 2.22. The Morgan fingerprint density at radius 3 is 2.81 bits per heavy atom. The molecule has 2 aromatic carbocycles. The number of fused-ring (bicyclic) bond motifs is 1. The van der Waals surface area contributed by atoms with E-state index in [2.05, 4.69) is 39.4 Å². The Balaban J connectivity index is 1.83. The Kier molecular flexibility index (Phi) is 3.91. The van der Waals surface area contributed by atoms with Gasteiger partial charge in [-0.3, -0.25) is 4.79 Å². The molecule has 1 aliphatic carbocycles. The van der Waals surface area contributed by atoms with Crippen molar-refractivity contribution in [2.45, 2.75) is 18.9 Å². The number of primary amides is 1. The third-order valence-corrected chi connectivity index (χ3v) is 4.56. The molecule has 108 valence electrons. The molecule has 0 saturated heterocycles. The second-order valence-electron chi connectivity index (χ2n) is 5.14. The molecule has 1 atom stereocenters. The largest absolute Gasteiger partial charge is 0.378 e. The van der Waals surface area contributed by atoms with Gasteiger partial charge in [0.15, 0.2) is 0 Å². The fraction of sp³-hybridized carbons (Fsp3) is 0.188. The van der Waals surface area contributed by atoms with Crippen LogP contribution in [0, 0.1) is 0 Å². The van der Waals surface area contributed by atoms with Crippen molar-refractivity contribution in [3.05, 3.63) is 62.6 Å². The van der Waals surface area contributed by atoms with Crippen LogP contribution in [-0.2, 0) is 6.42 Å². The van der Waals surface area contributed by atoms with Crippen molar-refractivity contribution in [1.82, 2.24) is 0 Å². The summed E-state index contributed by atoms with van der Waals surface area (Å²) in [5.74, 6) is -0.511. The van der Waals surface area contributed by atoms with Crippen LogP contribution >= 0.6 is 27.5 Å². The number of nitrogens with two attached hydrogens (primary N) is 1. The number of carbonyl (C=O) groups is 1. The quantitative estimate of drug-likeness (QED) is 0.852. The SMILES string of the molecule is NC(=O)c1ccc(NC2CCc3cc(Br)ccc32)cc1Cl. The molecule has 5 heteroatoms. The Morgan fingerprint density at radius 1 is 1.29 bits per heavy atom. The first-order valence-electron chi connectivity index (χ1n) is 6.69. The van der Waals surface area contributed by atoms with Crippen LogP contribution in [0.2, 0.25) is 5.02 Å². The van der Waals surface area contributed by atoms with E-state index in [0.717, 1.165) is 23.0 Å². The number of anilines is 1. The summed E-state index contributed by atoms with van der Waals surface area (Å²) in [7, 11) is 0. The van der Waals surface area contributed by atoms with E-state index in [0.29, 0.717) is 10.6 Å². The fourth-order valence-electron chi connectivity index (χ4n) is 2.74. The second kappa shape index (κ2) is 5.70. The lowest BCUT2D eigenvalue weighted by molar-refractivity contribution is 0.100. The summed E-state index contributed by atoms with van der Waals surface area (Å²) in [6, 6.07) is 11.9. The van der Waals surface area contributed by atoms with E-state index in [4.69, 9.17) is 17.3 Å². The molecule has 3 rings (SSSR count). The third-order valence-electron chi connectivity index (χ3n) is 3.76. The standard InChI is InChI=1S/C16H14BrClN2O/c17-10-2-4-12-9(7-10)1-6-15(12)20-11-3-5-13(16(19)21)14(18)8-11/h2-5,7-8,15,20H,1,6H2,(H2,19,21). The molecule has 0 aromatic heterocycles. The molecule has 1 unspecified atom stereocenters. The highest BCUT2D eigenvalue weighted by Crippen LogP contribution is 2.35. The van der Waals surface area contributed by atoms with Gasteiger partial charge < -0.3 is 11.1 Å². The molecule has 21 heavy (non-hydrogen) atoms. The number of halogens is 2. The van der Waals surface area contributed by atoms with Crippen LogP contribution in [0.4, 0.5) is 5.69 Å².